The predicted molar refractivity (Wildman–Crippen MR) is 142 cm³/mol. The molecule has 1 heterocycles. The summed E-state index contributed by atoms with van der Waals surface area (Å²) in [7, 11) is 0. The average Bonchev–Trinajstić information content (AvgIpc) is 3.20. The first-order valence-corrected chi connectivity index (χ1v) is 12.2. The SMILES string of the molecule is Cc1ccc(Cl)cc1NC1NC(=O)/C(=C/c2c(OCc3ccccc3)ccc3ccccc23)S1. The van der Waals surface area contributed by atoms with Crippen LogP contribution in [-0.2, 0) is 11.4 Å². The number of hydrogen-bond donors (Lipinski definition) is 2. The van der Waals surface area contributed by atoms with Gasteiger partial charge in [-0.25, -0.2) is 0 Å². The molecule has 0 spiro atoms. The van der Waals surface area contributed by atoms with Crippen LogP contribution in [0.2, 0.25) is 5.02 Å². The van der Waals surface area contributed by atoms with Crippen molar-refractivity contribution in [2.24, 2.45) is 0 Å². The summed E-state index contributed by atoms with van der Waals surface area (Å²) in [6.07, 6.45) is 1.93. The van der Waals surface area contributed by atoms with Crippen LogP contribution in [0.3, 0.4) is 0 Å². The lowest BCUT2D eigenvalue weighted by Crippen LogP contribution is -2.31. The fourth-order valence-corrected chi connectivity index (χ4v) is 5.00. The van der Waals surface area contributed by atoms with Crippen molar-refractivity contribution in [3.05, 3.63) is 112 Å². The first-order valence-electron chi connectivity index (χ1n) is 11.0. The van der Waals surface area contributed by atoms with Gasteiger partial charge in [-0.1, -0.05) is 90.1 Å². The second kappa shape index (κ2) is 9.84. The van der Waals surface area contributed by atoms with Gasteiger partial charge in [0.15, 0.2) is 5.50 Å². The second-order valence-corrected chi connectivity index (χ2v) is 9.64. The fraction of sp³-hybridized carbons (Fsp3) is 0.107. The molecule has 1 aliphatic heterocycles. The molecule has 4 aromatic carbocycles. The Balaban J connectivity index is 1.45. The van der Waals surface area contributed by atoms with Crippen molar-refractivity contribution >= 4 is 51.8 Å². The van der Waals surface area contributed by atoms with Gasteiger partial charge in [-0.05, 0) is 53.1 Å². The van der Waals surface area contributed by atoms with Crippen LogP contribution in [0.5, 0.6) is 5.75 Å². The lowest BCUT2D eigenvalue weighted by Gasteiger charge is -2.15. The molecule has 0 radical (unpaired) electrons. The van der Waals surface area contributed by atoms with Crippen LogP contribution >= 0.6 is 23.4 Å². The number of rotatable bonds is 6. The zero-order valence-electron chi connectivity index (χ0n) is 18.5. The third kappa shape index (κ3) is 4.91. The standard InChI is InChI=1S/C28H23ClN2O2S/c1-18-11-13-21(29)15-24(18)30-28-31-27(32)26(34-28)16-23-22-10-6-5-9-20(22)12-14-25(23)33-17-19-7-3-2-4-8-19/h2-16,28,30H,17H2,1H3,(H,31,32)/b26-16-. The molecule has 0 bridgehead atoms. The number of hydrogen-bond acceptors (Lipinski definition) is 4. The second-order valence-electron chi connectivity index (χ2n) is 8.06. The van der Waals surface area contributed by atoms with Crippen LogP contribution in [0.4, 0.5) is 5.69 Å². The summed E-state index contributed by atoms with van der Waals surface area (Å²) in [6, 6.07) is 27.9. The van der Waals surface area contributed by atoms with Gasteiger partial charge in [0.2, 0.25) is 0 Å². The predicted octanol–water partition coefficient (Wildman–Crippen LogP) is 6.98. The molecule has 0 saturated carbocycles. The smallest absolute Gasteiger partial charge is 0.260 e. The third-order valence-electron chi connectivity index (χ3n) is 5.66. The molecule has 1 amide bonds. The lowest BCUT2D eigenvalue weighted by molar-refractivity contribution is -0.116. The van der Waals surface area contributed by atoms with E-state index >= 15 is 0 Å². The van der Waals surface area contributed by atoms with E-state index in [0.29, 0.717) is 16.5 Å². The van der Waals surface area contributed by atoms with Crippen LogP contribution in [0.25, 0.3) is 16.8 Å². The van der Waals surface area contributed by atoms with E-state index in [1.54, 1.807) is 0 Å². The monoisotopic (exact) mass is 486 g/mol. The summed E-state index contributed by atoms with van der Waals surface area (Å²) >= 11 is 7.60. The van der Waals surface area contributed by atoms with E-state index in [0.717, 1.165) is 38.9 Å². The number of carbonyl (C=O) groups excluding carboxylic acids is 1. The van der Waals surface area contributed by atoms with E-state index in [-0.39, 0.29) is 11.4 Å². The Hall–Kier alpha value is -3.41. The molecular formula is C28H23ClN2O2S. The molecule has 0 aromatic heterocycles. The van der Waals surface area contributed by atoms with Crippen molar-refractivity contribution in [3.63, 3.8) is 0 Å². The van der Waals surface area contributed by atoms with Crippen molar-refractivity contribution in [1.29, 1.82) is 0 Å². The Labute approximate surface area is 208 Å². The number of ether oxygens (including phenoxy) is 1. The fourth-order valence-electron chi connectivity index (χ4n) is 3.87. The first kappa shape index (κ1) is 22.4. The summed E-state index contributed by atoms with van der Waals surface area (Å²) in [4.78, 5) is 13.5. The van der Waals surface area contributed by atoms with E-state index < -0.39 is 0 Å². The number of thioether (sulfide) groups is 1. The Morgan fingerprint density at radius 1 is 1.03 bits per heavy atom. The van der Waals surface area contributed by atoms with Crippen LogP contribution in [0.15, 0.2) is 89.8 Å². The molecule has 1 fully saturated rings. The highest BCUT2D eigenvalue weighted by Gasteiger charge is 2.28. The van der Waals surface area contributed by atoms with Gasteiger partial charge in [-0.2, -0.15) is 0 Å². The van der Waals surface area contributed by atoms with Gasteiger partial charge in [0.05, 0.1) is 4.91 Å². The van der Waals surface area contributed by atoms with E-state index in [1.165, 1.54) is 11.8 Å². The maximum absolute atomic E-state index is 12.9. The molecule has 6 heteroatoms. The van der Waals surface area contributed by atoms with Crippen LogP contribution in [-0.4, -0.2) is 11.4 Å². The van der Waals surface area contributed by atoms with Gasteiger partial charge in [0.1, 0.15) is 12.4 Å². The number of halogens is 1. The number of benzene rings is 4. The van der Waals surface area contributed by atoms with Crippen molar-refractivity contribution < 1.29 is 9.53 Å². The van der Waals surface area contributed by atoms with Crippen LogP contribution in [0, 0.1) is 6.92 Å². The highest BCUT2D eigenvalue weighted by Crippen LogP contribution is 2.36. The zero-order valence-corrected chi connectivity index (χ0v) is 20.1. The molecular weight excluding hydrogens is 464 g/mol. The minimum absolute atomic E-state index is 0.121. The van der Waals surface area contributed by atoms with E-state index in [4.69, 9.17) is 16.3 Å². The zero-order chi connectivity index (χ0) is 23.5. The van der Waals surface area contributed by atoms with E-state index in [9.17, 15) is 4.79 Å². The number of nitrogens with one attached hydrogen (secondary N) is 2. The molecule has 1 atom stereocenters. The van der Waals surface area contributed by atoms with Crippen molar-refractivity contribution in [2.45, 2.75) is 19.0 Å². The Bertz CT molecular complexity index is 1390. The maximum Gasteiger partial charge on any atom is 0.260 e. The summed E-state index contributed by atoms with van der Waals surface area (Å²) < 4.78 is 6.21. The van der Waals surface area contributed by atoms with Crippen molar-refractivity contribution in [3.8, 4) is 5.75 Å². The third-order valence-corrected chi connectivity index (χ3v) is 6.92. The van der Waals surface area contributed by atoms with Gasteiger partial charge in [0.25, 0.3) is 5.91 Å². The van der Waals surface area contributed by atoms with E-state index in [1.807, 2.05) is 85.8 Å². The van der Waals surface area contributed by atoms with Gasteiger partial charge in [-0.15, -0.1) is 0 Å². The molecule has 170 valence electrons. The Morgan fingerprint density at radius 2 is 1.82 bits per heavy atom. The molecule has 1 saturated heterocycles. The molecule has 4 aromatic rings. The van der Waals surface area contributed by atoms with Gasteiger partial charge in [0, 0.05) is 16.3 Å². The van der Waals surface area contributed by atoms with Gasteiger partial charge in [-0.3, -0.25) is 4.79 Å². The number of fused-ring (bicyclic) bond motifs is 1. The molecule has 4 nitrogen and oxygen atoms in total. The van der Waals surface area contributed by atoms with Gasteiger partial charge < -0.3 is 15.4 Å². The van der Waals surface area contributed by atoms with Crippen molar-refractivity contribution in [1.82, 2.24) is 5.32 Å². The van der Waals surface area contributed by atoms with Crippen LogP contribution < -0.4 is 15.4 Å². The molecule has 5 rings (SSSR count). The minimum atomic E-state index is -0.292. The Kier molecular flexibility index (Phi) is 6.48. The summed E-state index contributed by atoms with van der Waals surface area (Å²) in [5.41, 5.74) is 3.64. The highest BCUT2D eigenvalue weighted by atomic mass is 35.5. The maximum atomic E-state index is 12.9. The lowest BCUT2D eigenvalue weighted by atomic mass is 10.0. The Morgan fingerprint density at radius 3 is 2.68 bits per heavy atom. The first-order chi connectivity index (χ1) is 16.6. The number of amides is 1. The molecule has 1 unspecified atom stereocenters. The summed E-state index contributed by atoms with van der Waals surface area (Å²) in [5.74, 6) is 0.620. The van der Waals surface area contributed by atoms with Gasteiger partial charge >= 0.3 is 0 Å². The minimum Gasteiger partial charge on any atom is -0.488 e. The largest absolute Gasteiger partial charge is 0.488 e. The topological polar surface area (TPSA) is 50.4 Å². The number of carbonyl (C=O) groups is 1. The quantitative estimate of drug-likeness (QED) is 0.289. The molecule has 2 N–H and O–H groups in total. The molecule has 0 aliphatic carbocycles. The van der Waals surface area contributed by atoms with Crippen LogP contribution in [0.1, 0.15) is 16.7 Å². The number of aryl methyl sites for hydroxylation is 1. The molecule has 1 aliphatic rings. The average molecular weight is 487 g/mol. The highest BCUT2D eigenvalue weighted by molar-refractivity contribution is 8.05. The number of anilines is 1. The van der Waals surface area contributed by atoms with Crippen molar-refractivity contribution in [2.75, 3.05) is 5.32 Å². The normalized spacial score (nSPS) is 16.6. The summed E-state index contributed by atoms with van der Waals surface area (Å²) in [5, 5.41) is 9.15. The molecule has 34 heavy (non-hydrogen) atoms. The van der Waals surface area contributed by atoms with E-state index in [2.05, 4.69) is 22.8 Å². The summed E-state index contributed by atoms with van der Waals surface area (Å²) in [6.45, 7) is 2.45.